The van der Waals surface area contributed by atoms with Crippen molar-refractivity contribution in [1.29, 1.82) is 5.26 Å². The highest BCUT2D eigenvalue weighted by atomic mass is 16.3. The van der Waals surface area contributed by atoms with E-state index in [1.54, 1.807) is 12.1 Å². The van der Waals surface area contributed by atoms with E-state index < -0.39 is 0 Å². The number of pyridine rings is 1. The van der Waals surface area contributed by atoms with Crippen LogP contribution < -0.4 is 4.90 Å². The lowest BCUT2D eigenvalue weighted by Gasteiger charge is -2.51. The maximum absolute atomic E-state index is 9.98. The molecule has 132 valence electrons. The van der Waals surface area contributed by atoms with Crippen LogP contribution in [0.3, 0.4) is 0 Å². The summed E-state index contributed by atoms with van der Waals surface area (Å²) in [6.07, 6.45) is 2.48. The highest BCUT2D eigenvalue weighted by Crippen LogP contribution is 2.47. The van der Waals surface area contributed by atoms with Gasteiger partial charge in [-0.3, -0.25) is 4.90 Å². The van der Waals surface area contributed by atoms with Gasteiger partial charge in [-0.25, -0.2) is 4.98 Å². The van der Waals surface area contributed by atoms with Crippen LogP contribution in [0.4, 0.5) is 5.82 Å². The Morgan fingerprint density at radius 2 is 1.88 bits per heavy atom. The van der Waals surface area contributed by atoms with Crippen LogP contribution in [0.15, 0.2) is 42.5 Å². The molecule has 1 aromatic heterocycles. The first kappa shape index (κ1) is 15.7. The minimum absolute atomic E-state index is 0.332. The third kappa shape index (κ3) is 2.37. The number of benzene rings is 1. The quantitative estimate of drug-likeness (QED) is 0.906. The molecule has 2 aromatic rings. The van der Waals surface area contributed by atoms with E-state index in [9.17, 15) is 10.4 Å². The van der Waals surface area contributed by atoms with Crippen molar-refractivity contribution in [2.45, 2.75) is 30.8 Å². The molecule has 1 N–H and O–H groups in total. The predicted molar refractivity (Wildman–Crippen MR) is 99.0 cm³/mol. The molecule has 4 saturated heterocycles. The minimum Gasteiger partial charge on any atom is -0.508 e. The maximum atomic E-state index is 9.98. The van der Waals surface area contributed by atoms with Crippen molar-refractivity contribution >= 4 is 5.82 Å². The number of phenols is 1. The van der Waals surface area contributed by atoms with E-state index in [0.29, 0.717) is 35.4 Å². The topological polar surface area (TPSA) is 63.4 Å². The molecule has 0 amide bonds. The SMILES string of the molecule is N#Cc1cccc(N2C[C@@H](c3cccc(O)c3)[C@@H]3[C@H]2C2CCN3CC2)n1. The Morgan fingerprint density at radius 3 is 2.65 bits per heavy atom. The third-order valence-electron chi connectivity index (χ3n) is 6.44. The molecule has 2 bridgehead atoms. The van der Waals surface area contributed by atoms with Gasteiger partial charge in [0.1, 0.15) is 23.3 Å². The van der Waals surface area contributed by atoms with Crippen molar-refractivity contribution in [2.75, 3.05) is 24.5 Å². The zero-order chi connectivity index (χ0) is 17.7. The van der Waals surface area contributed by atoms with E-state index in [1.807, 2.05) is 24.3 Å². The van der Waals surface area contributed by atoms with Crippen LogP contribution >= 0.6 is 0 Å². The molecule has 5 heteroatoms. The maximum Gasteiger partial charge on any atom is 0.142 e. The number of fused-ring (bicyclic) bond motifs is 2. The van der Waals surface area contributed by atoms with Crippen LogP contribution in [0.2, 0.25) is 0 Å². The van der Waals surface area contributed by atoms with E-state index in [4.69, 9.17) is 0 Å². The van der Waals surface area contributed by atoms with Crippen molar-refractivity contribution in [3.8, 4) is 11.8 Å². The van der Waals surface area contributed by atoms with E-state index >= 15 is 0 Å². The first-order valence-corrected chi connectivity index (χ1v) is 9.41. The van der Waals surface area contributed by atoms with Gasteiger partial charge in [0.2, 0.25) is 0 Å². The first-order chi connectivity index (χ1) is 12.7. The third-order valence-corrected chi connectivity index (χ3v) is 6.44. The van der Waals surface area contributed by atoms with Crippen molar-refractivity contribution in [2.24, 2.45) is 5.92 Å². The standard InChI is InChI=1S/C21H22N4O/c22-12-16-4-2-6-19(23-16)25-13-18(15-3-1-5-17(26)11-15)21-20(25)14-7-9-24(21)10-8-14/h1-6,11,14,18,20-21,26H,7-10,13H2/t18-,20+,21+/m0/s1. The van der Waals surface area contributed by atoms with Gasteiger partial charge in [0.15, 0.2) is 0 Å². The Kier molecular flexibility index (Phi) is 3.61. The van der Waals surface area contributed by atoms with Gasteiger partial charge >= 0.3 is 0 Å². The summed E-state index contributed by atoms with van der Waals surface area (Å²) in [6.45, 7) is 3.22. The predicted octanol–water partition coefficient (Wildman–Crippen LogP) is 2.73. The van der Waals surface area contributed by atoms with E-state index in [0.717, 1.165) is 12.4 Å². The Bertz CT molecular complexity index is 868. The Labute approximate surface area is 153 Å². The number of rotatable bonds is 2. The zero-order valence-electron chi connectivity index (χ0n) is 14.6. The lowest BCUT2D eigenvalue weighted by Crippen LogP contribution is -2.60. The van der Waals surface area contributed by atoms with Gasteiger partial charge in [-0.1, -0.05) is 18.2 Å². The molecule has 0 aliphatic carbocycles. The number of nitrogens with zero attached hydrogens (tertiary/aromatic N) is 4. The van der Waals surface area contributed by atoms with Gasteiger partial charge < -0.3 is 10.0 Å². The average molecular weight is 346 g/mol. The fourth-order valence-corrected chi connectivity index (χ4v) is 5.38. The summed E-state index contributed by atoms with van der Waals surface area (Å²) in [5.74, 6) is 2.27. The lowest BCUT2D eigenvalue weighted by atomic mass is 9.75. The molecule has 5 heterocycles. The van der Waals surface area contributed by atoms with Crippen molar-refractivity contribution in [1.82, 2.24) is 9.88 Å². The Balaban J connectivity index is 1.57. The summed E-state index contributed by atoms with van der Waals surface area (Å²) in [7, 11) is 0. The van der Waals surface area contributed by atoms with Crippen molar-refractivity contribution in [3.05, 3.63) is 53.7 Å². The molecule has 0 spiro atoms. The Hall–Kier alpha value is -2.58. The smallest absolute Gasteiger partial charge is 0.142 e. The van der Waals surface area contributed by atoms with Gasteiger partial charge in [0, 0.05) is 24.5 Å². The Morgan fingerprint density at radius 1 is 1.08 bits per heavy atom. The summed E-state index contributed by atoms with van der Waals surface area (Å²) in [5.41, 5.74) is 1.67. The molecule has 5 nitrogen and oxygen atoms in total. The number of anilines is 1. The van der Waals surface area contributed by atoms with Crippen molar-refractivity contribution < 1.29 is 5.11 Å². The fourth-order valence-electron chi connectivity index (χ4n) is 5.38. The highest BCUT2D eigenvalue weighted by Gasteiger charge is 2.53. The van der Waals surface area contributed by atoms with Gasteiger partial charge in [0.05, 0.1) is 0 Å². The van der Waals surface area contributed by atoms with Gasteiger partial charge in [-0.05, 0) is 61.7 Å². The lowest BCUT2D eigenvalue weighted by molar-refractivity contribution is 0.0354. The van der Waals surface area contributed by atoms with Gasteiger partial charge in [-0.2, -0.15) is 5.26 Å². The molecule has 0 radical (unpaired) electrons. The molecule has 6 rings (SSSR count). The number of aromatic hydroxyl groups is 1. The van der Waals surface area contributed by atoms with E-state index in [1.165, 1.54) is 31.5 Å². The molecule has 4 aliphatic rings. The van der Waals surface area contributed by atoms with E-state index in [2.05, 4.69) is 26.9 Å². The molecule has 4 aliphatic heterocycles. The second-order valence-electron chi connectivity index (χ2n) is 7.70. The second-order valence-corrected chi connectivity index (χ2v) is 7.70. The number of aromatic nitrogens is 1. The van der Waals surface area contributed by atoms with Crippen LogP contribution in [0, 0.1) is 17.2 Å². The molecular formula is C21H22N4O. The van der Waals surface area contributed by atoms with Crippen LogP contribution in [-0.4, -0.2) is 46.7 Å². The number of hydrogen-bond donors (Lipinski definition) is 1. The number of phenolic OH excluding ortho intramolecular Hbond substituents is 1. The van der Waals surface area contributed by atoms with Gasteiger partial charge in [0.25, 0.3) is 0 Å². The summed E-state index contributed by atoms with van der Waals surface area (Å²) in [4.78, 5) is 9.65. The normalized spacial score (nSPS) is 32.3. The van der Waals surface area contributed by atoms with Crippen LogP contribution in [-0.2, 0) is 0 Å². The zero-order valence-corrected chi connectivity index (χ0v) is 14.6. The van der Waals surface area contributed by atoms with Crippen molar-refractivity contribution in [3.63, 3.8) is 0 Å². The summed E-state index contributed by atoms with van der Waals surface area (Å²) in [6, 6.07) is 16.5. The molecule has 0 unspecified atom stereocenters. The highest BCUT2D eigenvalue weighted by molar-refractivity contribution is 5.49. The molecule has 3 atom stereocenters. The largest absolute Gasteiger partial charge is 0.508 e. The number of hydrogen-bond acceptors (Lipinski definition) is 5. The summed E-state index contributed by atoms with van der Waals surface area (Å²) in [5, 5.41) is 19.2. The second kappa shape index (κ2) is 6.00. The van der Waals surface area contributed by atoms with Crippen LogP contribution in [0.1, 0.15) is 30.0 Å². The summed E-state index contributed by atoms with van der Waals surface area (Å²) >= 11 is 0. The molecule has 4 fully saturated rings. The van der Waals surface area contributed by atoms with Gasteiger partial charge in [-0.15, -0.1) is 0 Å². The fraction of sp³-hybridized carbons (Fsp3) is 0.429. The number of nitriles is 1. The molecule has 0 saturated carbocycles. The summed E-state index contributed by atoms with van der Waals surface area (Å²) < 4.78 is 0. The monoisotopic (exact) mass is 346 g/mol. The number of piperidine rings is 3. The average Bonchev–Trinajstić information content (AvgIpc) is 3.12. The van der Waals surface area contributed by atoms with E-state index in [-0.39, 0.29) is 0 Å². The van der Waals surface area contributed by atoms with Crippen LogP contribution in [0.25, 0.3) is 0 Å². The first-order valence-electron chi connectivity index (χ1n) is 9.41. The molecule has 26 heavy (non-hydrogen) atoms. The molecule has 1 aromatic carbocycles. The molecular weight excluding hydrogens is 324 g/mol. The van der Waals surface area contributed by atoms with Crippen LogP contribution in [0.5, 0.6) is 5.75 Å². The minimum atomic E-state index is 0.332.